The Morgan fingerprint density at radius 1 is 1.00 bits per heavy atom. The topological polar surface area (TPSA) is 9.23 Å². The molecule has 0 amide bonds. The Morgan fingerprint density at radius 2 is 1.55 bits per heavy atom. The van der Waals surface area contributed by atoms with Crippen LogP contribution in [0.5, 0.6) is 11.5 Å². The second-order valence-electron chi connectivity index (χ2n) is 4.68. The maximum atomic E-state index is 13.9. The van der Waals surface area contributed by atoms with E-state index in [-0.39, 0.29) is 11.7 Å². The summed E-state index contributed by atoms with van der Waals surface area (Å²) >= 11 is 0. The lowest BCUT2D eigenvalue weighted by atomic mass is 9.98. The monoisotopic (exact) mass is 280 g/mol. The molecule has 2 aromatic carbocycles. The van der Waals surface area contributed by atoms with E-state index in [0.717, 1.165) is 6.42 Å². The highest BCUT2D eigenvalue weighted by molar-refractivity contribution is 5.37. The van der Waals surface area contributed by atoms with Crippen LogP contribution < -0.4 is 4.74 Å². The molecule has 1 nitrogen and oxygen atoms in total. The van der Waals surface area contributed by atoms with Crippen LogP contribution in [0.2, 0.25) is 0 Å². The summed E-state index contributed by atoms with van der Waals surface area (Å²) in [5, 5.41) is 0. The van der Waals surface area contributed by atoms with Crippen molar-refractivity contribution in [3.8, 4) is 11.5 Å². The number of ether oxygens (including phenoxy) is 1. The molecule has 0 aliphatic heterocycles. The number of hydrogen-bond donors (Lipinski definition) is 0. The van der Waals surface area contributed by atoms with Crippen molar-refractivity contribution in [2.75, 3.05) is 0 Å². The molecule has 0 spiro atoms. The van der Waals surface area contributed by atoms with Gasteiger partial charge in [0, 0.05) is 0 Å². The molecule has 2 aromatic rings. The van der Waals surface area contributed by atoms with E-state index < -0.39 is 23.2 Å². The molecule has 1 unspecified atom stereocenters. The van der Waals surface area contributed by atoms with Crippen molar-refractivity contribution in [1.82, 2.24) is 0 Å². The summed E-state index contributed by atoms with van der Waals surface area (Å²) < 4.78 is 45.8. The highest BCUT2D eigenvalue weighted by Crippen LogP contribution is 2.31. The van der Waals surface area contributed by atoms with Gasteiger partial charge in [0.25, 0.3) is 0 Å². The van der Waals surface area contributed by atoms with Gasteiger partial charge >= 0.3 is 0 Å². The summed E-state index contributed by atoms with van der Waals surface area (Å²) in [5.41, 5.74) is 0.592. The number of halogens is 3. The zero-order chi connectivity index (χ0) is 14.7. The third kappa shape index (κ3) is 3.13. The van der Waals surface area contributed by atoms with E-state index in [1.165, 1.54) is 36.4 Å². The highest BCUT2D eigenvalue weighted by Gasteiger charge is 2.16. The van der Waals surface area contributed by atoms with Crippen LogP contribution in [0.15, 0.2) is 36.4 Å². The lowest BCUT2D eigenvalue weighted by molar-refractivity contribution is 0.405. The average Bonchev–Trinajstić information content (AvgIpc) is 2.43. The maximum absolute atomic E-state index is 13.9. The van der Waals surface area contributed by atoms with Gasteiger partial charge in [0.2, 0.25) is 0 Å². The quantitative estimate of drug-likeness (QED) is 0.727. The summed E-state index contributed by atoms with van der Waals surface area (Å²) in [6, 6.07) is 7.51. The summed E-state index contributed by atoms with van der Waals surface area (Å²) in [6.07, 6.45) is 0.789. The molecule has 4 heteroatoms. The second kappa shape index (κ2) is 5.99. The Balaban J connectivity index is 2.30. The number of hydrogen-bond acceptors (Lipinski definition) is 1. The van der Waals surface area contributed by atoms with Gasteiger partial charge in [-0.05, 0) is 54.3 Å². The van der Waals surface area contributed by atoms with Gasteiger partial charge < -0.3 is 4.74 Å². The van der Waals surface area contributed by atoms with Crippen LogP contribution in [0, 0.1) is 17.5 Å². The minimum Gasteiger partial charge on any atom is -0.451 e. The Morgan fingerprint density at radius 3 is 2.05 bits per heavy atom. The van der Waals surface area contributed by atoms with Crippen LogP contribution in [0.25, 0.3) is 0 Å². The van der Waals surface area contributed by atoms with Gasteiger partial charge in [0.05, 0.1) is 0 Å². The molecule has 0 aliphatic carbocycles. The van der Waals surface area contributed by atoms with Crippen LogP contribution in [0.3, 0.4) is 0 Å². The molecule has 1 atom stereocenters. The summed E-state index contributed by atoms with van der Waals surface area (Å²) in [4.78, 5) is 0. The molecule has 0 heterocycles. The molecule has 0 radical (unpaired) electrons. The fourth-order valence-corrected chi connectivity index (χ4v) is 1.82. The van der Waals surface area contributed by atoms with Gasteiger partial charge in [-0.1, -0.05) is 13.8 Å². The zero-order valence-corrected chi connectivity index (χ0v) is 11.3. The van der Waals surface area contributed by atoms with Crippen molar-refractivity contribution >= 4 is 0 Å². The first-order valence-corrected chi connectivity index (χ1v) is 6.43. The van der Waals surface area contributed by atoms with Crippen LogP contribution in [0.4, 0.5) is 13.2 Å². The average molecular weight is 280 g/mol. The molecule has 0 bridgehead atoms. The third-order valence-electron chi connectivity index (χ3n) is 3.24. The van der Waals surface area contributed by atoms with Crippen molar-refractivity contribution in [2.24, 2.45) is 0 Å². The van der Waals surface area contributed by atoms with Crippen LogP contribution in [0.1, 0.15) is 31.7 Å². The molecular formula is C16H15F3O. The van der Waals surface area contributed by atoms with Crippen molar-refractivity contribution in [3.05, 3.63) is 59.4 Å². The van der Waals surface area contributed by atoms with Gasteiger partial charge in [0.1, 0.15) is 11.6 Å². The highest BCUT2D eigenvalue weighted by atomic mass is 19.1. The minimum atomic E-state index is -0.760. The van der Waals surface area contributed by atoms with E-state index in [0.29, 0.717) is 5.56 Å². The fraction of sp³-hybridized carbons (Fsp3) is 0.250. The first-order chi connectivity index (χ1) is 9.51. The van der Waals surface area contributed by atoms with E-state index in [1.807, 2.05) is 13.8 Å². The summed E-state index contributed by atoms with van der Waals surface area (Å²) in [7, 11) is 0. The molecule has 0 saturated carbocycles. The number of benzene rings is 2. The van der Waals surface area contributed by atoms with Crippen molar-refractivity contribution in [2.45, 2.75) is 26.2 Å². The molecule has 0 fully saturated rings. The van der Waals surface area contributed by atoms with E-state index in [4.69, 9.17) is 4.74 Å². The van der Waals surface area contributed by atoms with Gasteiger partial charge in [0.15, 0.2) is 17.4 Å². The fourth-order valence-electron chi connectivity index (χ4n) is 1.82. The molecule has 0 aliphatic rings. The third-order valence-corrected chi connectivity index (χ3v) is 3.24. The Hall–Kier alpha value is -1.97. The summed E-state index contributed by atoms with van der Waals surface area (Å²) in [6.45, 7) is 3.85. The molecule has 2 rings (SSSR count). The standard InChI is InChI=1S/C16H15F3O/c1-3-10(2)11-8-14(18)16(15(19)9-11)20-13-6-4-12(17)5-7-13/h4-10H,3H2,1-2H3. The Bertz CT molecular complexity index is 570. The molecule has 20 heavy (non-hydrogen) atoms. The molecular weight excluding hydrogens is 265 g/mol. The van der Waals surface area contributed by atoms with Gasteiger partial charge in [-0.3, -0.25) is 0 Å². The maximum Gasteiger partial charge on any atom is 0.198 e. The minimum absolute atomic E-state index is 0.0684. The van der Waals surface area contributed by atoms with Gasteiger partial charge in [-0.25, -0.2) is 13.2 Å². The van der Waals surface area contributed by atoms with Crippen molar-refractivity contribution in [3.63, 3.8) is 0 Å². The molecule has 0 N–H and O–H groups in total. The van der Waals surface area contributed by atoms with Gasteiger partial charge in [-0.2, -0.15) is 0 Å². The molecule has 0 saturated heterocycles. The van der Waals surface area contributed by atoms with Crippen LogP contribution in [-0.4, -0.2) is 0 Å². The predicted molar refractivity (Wildman–Crippen MR) is 71.5 cm³/mol. The largest absolute Gasteiger partial charge is 0.451 e. The van der Waals surface area contributed by atoms with Crippen LogP contribution in [-0.2, 0) is 0 Å². The first-order valence-electron chi connectivity index (χ1n) is 6.43. The lowest BCUT2D eigenvalue weighted by Crippen LogP contribution is -1.98. The van der Waals surface area contributed by atoms with Crippen LogP contribution >= 0.6 is 0 Å². The Kier molecular flexibility index (Phi) is 4.32. The SMILES string of the molecule is CCC(C)c1cc(F)c(Oc2ccc(F)cc2)c(F)c1. The van der Waals surface area contributed by atoms with Crippen molar-refractivity contribution in [1.29, 1.82) is 0 Å². The lowest BCUT2D eigenvalue weighted by Gasteiger charge is -2.13. The normalized spacial score (nSPS) is 12.2. The van der Waals surface area contributed by atoms with E-state index in [1.54, 1.807) is 0 Å². The Labute approximate surface area is 116 Å². The van der Waals surface area contributed by atoms with Gasteiger partial charge in [-0.15, -0.1) is 0 Å². The van der Waals surface area contributed by atoms with E-state index in [9.17, 15) is 13.2 Å². The first kappa shape index (κ1) is 14.4. The van der Waals surface area contributed by atoms with E-state index >= 15 is 0 Å². The smallest absolute Gasteiger partial charge is 0.198 e. The zero-order valence-electron chi connectivity index (χ0n) is 11.3. The van der Waals surface area contributed by atoms with E-state index in [2.05, 4.69) is 0 Å². The summed E-state index contributed by atoms with van der Waals surface area (Å²) in [5.74, 6) is -2.18. The molecule has 106 valence electrons. The predicted octanol–water partition coefficient (Wildman–Crippen LogP) is 5.41. The molecule has 0 aromatic heterocycles. The second-order valence-corrected chi connectivity index (χ2v) is 4.68. The number of rotatable bonds is 4. The van der Waals surface area contributed by atoms with Crippen molar-refractivity contribution < 1.29 is 17.9 Å².